The van der Waals surface area contributed by atoms with E-state index < -0.39 is 0 Å². The Labute approximate surface area is 128 Å². The molecule has 2 rings (SSSR count). The Bertz CT molecular complexity index is 431. The minimum absolute atomic E-state index is 0.166. The predicted octanol–water partition coefficient (Wildman–Crippen LogP) is 3.84. The van der Waals surface area contributed by atoms with Crippen LogP contribution in [0.4, 0.5) is 4.39 Å². The van der Waals surface area contributed by atoms with Gasteiger partial charge in [-0.1, -0.05) is 26.0 Å². The van der Waals surface area contributed by atoms with Crippen LogP contribution in [0.5, 0.6) is 0 Å². The summed E-state index contributed by atoms with van der Waals surface area (Å²) in [6.07, 6.45) is 2.40. The molecule has 3 heteroatoms. The minimum atomic E-state index is -0.166. The van der Waals surface area contributed by atoms with Crippen molar-refractivity contribution in [3.05, 3.63) is 35.6 Å². The lowest BCUT2D eigenvalue weighted by atomic mass is 9.85. The first-order chi connectivity index (χ1) is 10.0. The lowest BCUT2D eigenvalue weighted by Crippen LogP contribution is -2.46. The second-order valence-corrected chi connectivity index (χ2v) is 6.74. The molecule has 1 saturated heterocycles. The molecule has 1 aromatic carbocycles. The SMILES string of the molecule is CNC(CCN1CC(C)CC(C)C1C)c1ccc(F)cc1. The highest BCUT2D eigenvalue weighted by Crippen LogP contribution is 2.28. The summed E-state index contributed by atoms with van der Waals surface area (Å²) in [5.74, 6) is 1.39. The Morgan fingerprint density at radius 1 is 1.24 bits per heavy atom. The van der Waals surface area contributed by atoms with Gasteiger partial charge in [0.2, 0.25) is 0 Å². The molecule has 1 aliphatic rings. The second kappa shape index (κ2) is 7.37. The molecule has 0 bridgehead atoms. The van der Waals surface area contributed by atoms with E-state index in [1.165, 1.54) is 18.5 Å². The van der Waals surface area contributed by atoms with Crippen molar-refractivity contribution in [2.45, 2.75) is 45.7 Å². The molecule has 0 aliphatic carbocycles. The summed E-state index contributed by atoms with van der Waals surface area (Å²) in [5, 5.41) is 3.37. The fourth-order valence-electron chi connectivity index (χ4n) is 3.60. The summed E-state index contributed by atoms with van der Waals surface area (Å²) in [4.78, 5) is 2.62. The van der Waals surface area contributed by atoms with Gasteiger partial charge in [-0.2, -0.15) is 0 Å². The van der Waals surface area contributed by atoms with E-state index in [4.69, 9.17) is 0 Å². The minimum Gasteiger partial charge on any atom is -0.313 e. The predicted molar refractivity (Wildman–Crippen MR) is 86.8 cm³/mol. The summed E-state index contributed by atoms with van der Waals surface area (Å²) < 4.78 is 13.0. The standard InChI is InChI=1S/C18H29FN2/c1-13-11-14(2)15(3)21(12-13)10-9-18(20-4)16-5-7-17(19)8-6-16/h5-8,13-15,18,20H,9-12H2,1-4H3. The average molecular weight is 292 g/mol. The maximum atomic E-state index is 13.0. The van der Waals surface area contributed by atoms with Gasteiger partial charge in [0.25, 0.3) is 0 Å². The first kappa shape index (κ1) is 16.4. The smallest absolute Gasteiger partial charge is 0.123 e. The first-order valence-electron chi connectivity index (χ1n) is 8.18. The average Bonchev–Trinajstić information content (AvgIpc) is 2.46. The number of piperidine rings is 1. The summed E-state index contributed by atoms with van der Waals surface area (Å²) >= 11 is 0. The molecule has 0 spiro atoms. The third-order valence-corrected chi connectivity index (χ3v) is 5.05. The fourth-order valence-corrected chi connectivity index (χ4v) is 3.60. The quantitative estimate of drug-likeness (QED) is 0.887. The lowest BCUT2D eigenvalue weighted by Gasteiger charge is -2.41. The van der Waals surface area contributed by atoms with Crippen LogP contribution in [0.15, 0.2) is 24.3 Å². The van der Waals surface area contributed by atoms with Gasteiger partial charge in [0.1, 0.15) is 5.82 Å². The highest BCUT2D eigenvalue weighted by Gasteiger charge is 2.28. The highest BCUT2D eigenvalue weighted by atomic mass is 19.1. The van der Waals surface area contributed by atoms with Crippen molar-refractivity contribution in [3.8, 4) is 0 Å². The number of nitrogens with one attached hydrogen (secondary N) is 1. The first-order valence-corrected chi connectivity index (χ1v) is 8.18. The zero-order chi connectivity index (χ0) is 15.4. The van der Waals surface area contributed by atoms with Crippen molar-refractivity contribution in [2.75, 3.05) is 20.1 Å². The summed E-state index contributed by atoms with van der Waals surface area (Å²) in [7, 11) is 1.99. The Hall–Kier alpha value is -0.930. The number of nitrogens with zero attached hydrogens (tertiary/aromatic N) is 1. The Balaban J connectivity index is 1.94. The number of hydrogen-bond acceptors (Lipinski definition) is 2. The third-order valence-electron chi connectivity index (χ3n) is 5.05. The van der Waals surface area contributed by atoms with E-state index in [1.54, 1.807) is 12.1 Å². The zero-order valence-corrected chi connectivity index (χ0v) is 13.8. The molecule has 0 radical (unpaired) electrons. The number of halogens is 1. The van der Waals surface area contributed by atoms with Gasteiger partial charge >= 0.3 is 0 Å². The molecule has 1 fully saturated rings. The third kappa shape index (κ3) is 4.27. The van der Waals surface area contributed by atoms with Crippen LogP contribution in [0.3, 0.4) is 0 Å². The van der Waals surface area contributed by atoms with Gasteiger partial charge in [-0.25, -0.2) is 4.39 Å². The van der Waals surface area contributed by atoms with E-state index in [0.717, 1.165) is 24.8 Å². The number of hydrogen-bond donors (Lipinski definition) is 1. The Kier molecular flexibility index (Phi) is 5.77. The van der Waals surface area contributed by atoms with Crippen LogP contribution in [0.1, 0.15) is 45.2 Å². The topological polar surface area (TPSA) is 15.3 Å². The maximum absolute atomic E-state index is 13.0. The van der Waals surface area contributed by atoms with E-state index >= 15 is 0 Å². The summed E-state index contributed by atoms with van der Waals surface area (Å²) in [5.41, 5.74) is 1.17. The van der Waals surface area contributed by atoms with Crippen molar-refractivity contribution >= 4 is 0 Å². The van der Waals surface area contributed by atoms with Crippen molar-refractivity contribution in [2.24, 2.45) is 11.8 Å². The van der Waals surface area contributed by atoms with Crippen molar-refractivity contribution in [1.29, 1.82) is 0 Å². The van der Waals surface area contributed by atoms with Gasteiger partial charge in [-0.05, 0) is 56.3 Å². The van der Waals surface area contributed by atoms with Crippen LogP contribution >= 0.6 is 0 Å². The van der Waals surface area contributed by atoms with E-state index in [9.17, 15) is 4.39 Å². The molecule has 0 aromatic heterocycles. The number of likely N-dealkylation sites (tertiary alicyclic amines) is 1. The monoisotopic (exact) mass is 292 g/mol. The maximum Gasteiger partial charge on any atom is 0.123 e. The van der Waals surface area contributed by atoms with Crippen molar-refractivity contribution < 1.29 is 4.39 Å². The number of benzene rings is 1. The molecule has 0 amide bonds. The zero-order valence-electron chi connectivity index (χ0n) is 13.8. The van der Waals surface area contributed by atoms with Crippen LogP contribution in [0.25, 0.3) is 0 Å². The molecule has 4 atom stereocenters. The van der Waals surface area contributed by atoms with Gasteiger partial charge in [0, 0.05) is 25.2 Å². The van der Waals surface area contributed by atoms with Crippen LogP contribution in [-0.2, 0) is 0 Å². The van der Waals surface area contributed by atoms with Crippen molar-refractivity contribution in [1.82, 2.24) is 10.2 Å². The summed E-state index contributed by atoms with van der Waals surface area (Å²) in [6.45, 7) is 9.36. The molecule has 1 heterocycles. The van der Waals surface area contributed by atoms with Crippen molar-refractivity contribution in [3.63, 3.8) is 0 Å². The van der Waals surface area contributed by atoms with E-state index in [1.807, 2.05) is 19.2 Å². The van der Waals surface area contributed by atoms with Crippen LogP contribution in [-0.4, -0.2) is 31.1 Å². The van der Waals surface area contributed by atoms with Gasteiger partial charge in [0.15, 0.2) is 0 Å². The molecule has 1 aliphatic heterocycles. The molecule has 21 heavy (non-hydrogen) atoms. The molecule has 1 N–H and O–H groups in total. The highest BCUT2D eigenvalue weighted by molar-refractivity contribution is 5.19. The molecule has 1 aromatic rings. The van der Waals surface area contributed by atoms with Crippen LogP contribution in [0.2, 0.25) is 0 Å². The van der Waals surface area contributed by atoms with Gasteiger partial charge in [-0.15, -0.1) is 0 Å². The molecule has 4 unspecified atom stereocenters. The molecule has 2 nitrogen and oxygen atoms in total. The van der Waals surface area contributed by atoms with Gasteiger partial charge in [0.05, 0.1) is 0 Å². The van der Waals surface area contributed by atoms with Gasteiger partial charge in [-0.3, -0.25) is 0 Å². The van der Waals surface area contributed by atoms with Gasteiger partial charge < -0.3 is 10.2 Å². The Morgan fingerprint density at radius 2 is 1.90 bits per heavy atom. The van der Waals surface area contributed by atoms with Crippen LogP contribution in [0, 0.1) is 17.7 Å². The normalized spacial score (nSPS) is 28.5. The number of rotatable bonds is 5. The molecular formula is C18H29FN2. The van der Waals surface area contributed by atoms with E-state index in [2.05, 4.69) is 31.0 Å². The molecular weight excluding hydrogens is 263 g/mol. The van der Waals surface area contributed by atoms with E-state index in [-0.39, 0.29) is 5.82 Å². The largest absolute Gasteiger partial charge is 0.313 e. The fraction of sp³-hybridized carbons (Fsp3) is 0.667. The Morgan fingerprint density at radius 3 is 2.52 bits per heavy atom. The van der Waals surface area contributed by atoms with E-state index in [0.29, 0.717) is 12.1 Å². The molecule has 118 valence electrons. The summed E-state index contributed by atoms with van der Waals surface area (Å²) in [6, 6.07) is 7.83. The second-order valence-electron chi connectivity index (χ2n) is 6.74. The van der Waals surface area contributed by atoms with Crippen LogP contribution < -0.4 is 5.32 Å². The molecule has 0 saturated carbocycles. The lowest BCUT2D eigenvalue weighted by molar-refractivity contribution is 0.0760.